The third-order valence-electron chi connectivity index (χ3n) is 4.92. The number of hydrogen-bond donors (Lipinski definition) is 0. The quantitative estimate of drug-likeness (QED) is 0.700. The highest BCUT2D eigenvalue weighted by molar-refractivity contribution is 5.14. The molecule has 0 atom stereocenters. The standard InChI is InChI=1S/C13H17NO/c1-2-15-12(14-1)13-6-9-3-10(7-13)5-11(4-9)8-13/h1-2,9-11H,3-8H2. The van der Waals surface area contributed by atoms with Crippen LogP contribution in [-0.2, 0) is 5.41 Å². The smallest absolute Gasteiger partial charge is 0.200 e. The van der Waals surface area contributed by atoms with Crippen molar-refractivity contribution in [2.75, 3.05) is 0 Å². The van der Waals surface area contributed by atoms with Crippen LogP contribution in [0.3, 0.4) is 0 Å². The summed E-state index contributed by atoms with van der Waals surface area (Å²) in [5.41, 5.74) is 0.345. The van der Waals surface area contributed by atoms with E-state index < -0.39 is 0 Å². The molecule has 4 bridgehead atoms. The van der Waals surface area contributed by atoms with Crippen LogP contribution in [-0.4, -0.2) is 4.98 Å². The zero-order valence-corrected chi connectivity index (χ0v) is 8.98. The topological polar surface area (TPSA) is 26.0 Å². The normalized spacial score (nSPS) is 47.3. The van der Waals surface area contributed by atoms with Gasteiger partial charge in [-0.25, -0.2) is 4.98 Å². The van der Waals surface area contributed by atoms with Crippen molar-refractivity contribution in [3.8, 4) is 0 Å². The molecule has 0 amide bonds. The van der Waals surface area contributed by atoms with Crippen LogP contribution < -0.4 is 0 Å². The van der Waals surface area contributed by atoms with Crippen molar-refractivity contribution in [1.29, 1.82) is 0 Å². The van der Waals surface area contributed by atoms with Gasteiger partial charge in [-0.05, 0) is 56.3 Å². The van der Waals surface area contributed by atoms with E-state index in [2.05, 4.69) is 4.98 Å². The van der Waals surface area contributed by atoms with Gasteiger partial charge >= 0.3 is 0 Å². The van der Waals surface area contributed by atoms with E-state index in [4.69, 9.17) is 4.42 Å². The van der Waals surface area contributed by atoms with E-state index in [9.17, 15) is 0 Å². The van der Waals surface area contributed by atoms with Crippen LogP contribution in [0.1, 0.15) is 44.4 Å². The van der Waals surface area contributed by atoms with Crippen LogP contribution in [0.15, 0.2) is 16.9 Å². The van der Waals surface area contributed by atoms with Crippen molar-refractivity contribution < 1.29 is 4.42 Å². The monoisotopic (exact) mass is 203 g/mol. The molecule has 0 radical (unpaired) electrons. The first-order valence-corrected chi connectivity index (χ1v) is 6.24. The van der Waals surface area contributed by atoms with Crippen LogP contribution in [0, 0.1) is 17.8 Å². The average Bonchev–Trinajstić information content (AvgIpc) is 2.67. The molecule has 4 fully saturated rings. The lowest BCUT2D eigenvalue weighted by atomic mass is 9.49. The Kier molecular flexibility index (Phi) is 1.48. The summed E-state index contributed by atoms with van der Waals surface area (Å²) >= 11 is 0. The summed E-state index contributed by atoms with van der Waals surface area (Å²) in [6.45, 7) is 0. The Bertz CT molecular complexity index is 333. The second-order valence-electron chi connectivity index (χ2n) is 6.04. The molecule has 0 saturated heterocycles. The number of rotatable bonds is 1. The number of hydrogen-bond acceptors (Lipinski definition) is 2. The molecule has 0 spiro atoms. The van der Waals surface area contributed by atoms with Gasteiger partial charge in [-0.1, -0.05) is 0 Å². The van der Waals surface area contributed by atoms with E-state index in [0.717, 1.165) is 23.6 Å². The average molecular weight is 203 g/mol. The molecular formula is C13H17NO. The third-order valence-corrected chi connectivity index (χ3v) is 4.92. The fourth-order valence-electron chi connectivity index (χ4n) is 4.86. The van der Waals surface area contributed by atoms with E-state index >= 15 is 0 Å². The van der Waals surface area contributed by atoms with Crippen molar-refractivity contribution in [2.45, 2.75) is 43.9 Å². The van der Waals surface area contributed by atoms with Gasteiger partial charge in [0.1, 0.15) is 6.26 Å². The van der Waals surface area contributed by atoms with Gasteiger partial charge in [-0.3, -0.25) is 0 Å². The van der Waals surface area contributed by atoms with Crippen molar-refractivity contribution >= 4 is 0 Å². The molecule has 1 aromatic heterocycles. The molecule has 4 saturated carbocycles. The minimum atomic E-state index is 0.345. The molecule has 0 N–H and O–H groups in total. The van der Waals surface area contributed by atoms with Gasteiger partial charge < -0.3 is 4.42 Å². The van der Waals surface area contributed by atoms with Gasteiger partial charge in [0, 0.05) is 5.41 Å². The van der Waals surface area contributed by atoms with Crippen molar-refractivity contribution in [3.63, 3.8) is 0 Å². The highest BCUT2D eigenvalue weighted by Crippen LogP contribution is 2.60. The maximum Gasteiger partial charge on any atom is 0.200 e. The van der Waals surface area contributed by atoms with E-state index in [0.29, 0.717) is 5.41 Å². The Morgan fingerprint density at radius 1 is 1.07 bits per heavy atom. The van der Waals surface area contributed by atoms with Gasteiger partial charge in [-0.2, -0.15) is 0 Å². The first-order chi connectivity index (χ1) is 7.34. The van der Waals surface area contributed by atoms with Gasteiger partial charge in [0.25, 0.3) is 0 Å². The van der Waals surface area contributed by atoms with Gasteiger partial charge in [0.05, 0.1) is 6.20 Å². The Morgan fingerprint density at radius 3 is 2.13 bits per heavy atom. The van der Waals surface area contributed by atoms with Crippen LogP contribution in [0.5, 0.6) is 0 Å². The minimum Gasteiger partial charge on any atom is -0.448 e. The van der Waals surface area contributed by atoms with E-state index in [1.165, 1.54) is 38.5 Å². The van der Waals surface area contributed by atoms with E-state index in [1.807, 2.05) is 6.20 Å². The number of nitrogens with zero attached hydrogens (tertiary/aromatic N) is 1. The Hall–Kier alpha value is -0.790. The second kappa shape index (κ2) is 2.66. The van der Waals surface area contributed by atoms with Crippen molar-refractivity contribution in [3.05, 3.63) is 18.4 Å². The van der Waals surface area contributed by atoms with Gasteiger partial charge in [0.2, 0.25) is 0 Å². The molecule has 1 aromatic rings. The Labute approximate surface area is 90.1 Å². The molecule has 2 heteroatoms. The molecule has 15 heavy (non-hydrogen) atoms. The van der Waals surface area contributed by atoms with Gasteiger partial charge in [0.15, 0.2) is 5.89 Å². The summed E-state index contributed by atoms with van der Waals surface area (Å²) in [6, 6.07) is 0. The SMILES string of the molecule is c1coc(C23CC4CC(CC(C4)C2)C3)n1. The summed E-state index contributed by atoms with van der Waals surface area (Å²) in [6.07, 6.45) is 12.1. The second-order valence-corrected chi connectivity index (χ2v) is 6.04. The Morgan fingerprint density at radius 2 is 1.67 bits per heavy atom. The largest absolute Gasteiger partial charge is 0.448 e. The first-order valence-electron chi connectivity index (χ1n) is 6.24. The van der Waals surface area contributed by atoms with Gasteiger partial charge in [-0.15, -0.1) is 0 Å². The number of oxazole rings is 1. The van der Waals surface area contributed by atoms with Crippen LogP contribution in [0.4, 0.5) is 0 Å². The minimum absolute atomic E-state index is 0.345. The molecule has 1 heterocycles. The predicted octanol–water partition coefficient (Wildman–Crippen LogP) is 3.14. The van der Waals surface area contributed by atoms with E-state index in [1.54, 1.807) is 6.26 Å². The summed E-state index contributed by atoms with van der Waals surface area (Å²) in [5.74, 6) is 3.97. The molecule has 80 valence electrons. The van der Waals surface area contributed by atoms with Crippen LogP contribution >= 0.6 is 0 Å². The summed E-state index contributed by atoms with van der Waals surface area (Å²) in [5, 5.41) is 0. The lowest BCUT2D eigenvalue weighted by Gasteiger charge is -2.55. The summed E-state index contributed by atoms with van der Waals surface area (Å²) < 4.78 is 5.61. The fraction of sp³-hybridized carbons (Fsp3) is 0.769. The number of aromatic nitrogens is 1. The van der Waals surface area contributed by atoms with Crippen molar-refractivity contribution in [2.24, 2.45) is 17.8 Å². The molecule has 0 aromatic carbocycles. The molecule has 4 aliphatic rings. The lowest BCUT2D eigenvalue weighted by Crippen LogP contribution is -2.48. The maximum atomic E-state index is 5.61. The van der Waals surface area contributed by atoms with E-state index in [-0.39, 0.29) is 0 Å². The summed E-state index contributed by atoms with van der Waals surface area (Å²) in [7, 11) is 0. The predicted molar refractivity (Wildman–Crippen MR) is 56.4 cm³/mol. The molecule has 4 aliphatic carbocycles. The molecular weight excluding hydrogens is 186 g/mol. The molecule has 0 aliphatic heterocycles. The summed E-state index contributed by atoms with van der Waals surface area (Å²) in [4.78, 5) is 4.44. The highest BCUT2D eigenvalue weighted by atomic mass is 16.3. The molecule has 0 unspecified atom stereocenters. The zero-order chi connectivity index (χ0) is 9.88. The lowest BCUT2D eigenvalue weighted by molar-refractivity contribution is -0.0177. The third kappa shape index (κ3) is 1.08. The van der Waals surface area contributed by atoms with Crippen LogP contribution in [0.2, 0.25) is 0 Å². The zero-order valence-electron chi connectivity index (χ0n) is 8.98. The van der Waals surface area contributed by atoms with Crippen molar-refractivity contribution in [1.82, 2.24) is 4.98 Å². The maximum absolute atomic E-state index is 5.61. The first kappa shape index (κ1) is 8.37. The van der Waals surface area contributed by atoms with Crippen LogP contribution in [0.25, 0.3) is 0 Å². The highest BCUT2D eigenvalue weighted by Gasteiger charge is 2.53. The molecule has 2 nitrogen and oxygen atoms in total. The molecule has 5 rings (SSSR count). The fourth-order valence-corrected chi connectivity index (χ4v) is 4.86. The Balaban J connectivity index is 1.77.